The smallest absolute Gasteiger partial charge is 0.335 e. The van der Waals surface area contributed by atoms with E-state index in [-0.39, 0.29) is 13.0 Å². The van der Waals surface area contributed by atoms with Gasteiger partial charge in [-0.3, -0.25) is 14.9 Å². The van der Waals surface area contributed by atoms with Crippen molar-refractivity contribution in [2.24, 2.45) is 5.41 Å². The molecule has 0 radical (unpaired) electrons. The molecule has 28 heavy (non-hydrogen) atoms. The fourth-order valence-electron chi connectivity index (χ4n) is 4.57. The number of fused-ring (bicyclic) bond motifs is 4. The maximum absolute atomic E-state index is 13.8. The van der Waals surface area contributed by atoms with Gasteiger partial charge in [-0.1, -0.05) is 36.4 Å². The Balaban J connectivity index is 1.67. The maximum atomic E-state index is 13.8. The minimum absolute atomic E-state index is 0.231. The number of barbiturate groups is 1. The summed E-state index contributed by atoms with van der Waals surface area (Å²) in [6.07, 6.45) is 0.231. The van der Waals surface area contributed by atoms with Crippen LogP contribution in [0.25, 0.3) is 0 Å². The lowest BCUT2D eigenvalue weighted by Gasteiger charge is -2.53. The van der Waals surface area contributed by atoms with Crippen LogP contribution in [-0.4, -0.2) is 43.6 Å². The number of hydrogen-bond donors (Lipinski definition) is 1. The third-order valence-corrected chi connectivity index (χ3v) is 5.90. The molecule has 0 unspecified atom stereocenters. The highest BCUT2D eigenvalue weighted by atomic mass is 16.5. The second-order valence-electron chi connectivity index (χ2n) is 7.30. The number of imide groups is 2. The Morgan fingerprint density at radius 3 is 2.57 bits per heavy atom. The first-order valence-electron chi connectivity index (χ1n) is 9.30. The van der Waals surface area contributed by atoms with Gasteiger partial charge in [0, 0.05) is 12.2 Å². The largest absolute Gasteiger partial charge is 0.377 e. The molecule has 2 saturated heterocycles. The molecule has 3 heterocycles. The van der Waals surface area contributed by atoms with Gasteiger partial charge in [0.25, 0.3) is 5.91 Å². The number of hydrogen-bond acceptors (Lipinski definition) is 5. The zero-order valence-corrected chi connectivity index (χ0v) is 15.1. The number of anilines is 2. The number of benzene rings is 2. The molecule has 2 fully saturated rings. The Bertz CT molecular complexity index is 977. The van der Waals surface area contributed by atoms with E-state index >= 15 is 0 Å². The number of morpholine rings is 1. The SMILES string of the molecule is O=C1NC(=O)[C@@]2(Cc3ccccc3N3CCOC[C@H]32)C(=O)N1c1ccccc1. The monoisotopic (exact) mass is 377 g/mol. The number of para-hydroxylation sites is 2. The van der Waals surface area contributed by atoms with Crippen molar-refractivity contribution >= 4 is 29.2 Å². The Morgan fingerprint density at radius 2 is 1.75 bits per heavy atom. The summed E-state index contributed by atoms with van der Waals surface area (Å²) in [4.78, 5) is 42.7. The van der Waals surface area contributed by atoms with Crippen molar-refractivity contribution in [3.05, 3.63) is 60.2 Å². The third kappa shape index (κ3) is 2.23. The van der Waals surface area contributed by atoms with Crippen LogP contribution in [0.15, 0.2) is 54.6 Å². The van der Waals surface area contributed by atoms with Gasteiger partial charge in [-0.05, 0) is 30.2 Å². The van der Waals surface area contributed by atoms with Crippen LogP contribution >= 0.6 is 0 Å². The van der Waals surface area contributed by atoms with E-state index in [4.69, 9.17) is 4.74 Å². The molecule has 4 amide bonds. The predicted octanol–water partition coefficient (Wildman–Crippen LogP) is 1.72. The van der Waals surface area contributed by atoms with Gasteiger partial charge in [0.15, 0.2) is 5.41 Å². The molecule has 7 heteroatoms. The van der Waals surface area contributed by atoms with E-state index in [1.165, 1.54) is 0 Å². The molecule has 5 rings (SSSR count). The van der Waals surface area contributed by atoms with Crippen molar-refractivity contribution in [3.8, 4) is 0 Å². The lowest BCUT2D eigenvalue weighted by molar-refractivity contribution is -0.146. The number of carbonyl (C=O) groups is 3. The summed E-state index contributed by atoms with van der Waals surface area (Å²) in [7, 11) is 0. The van der Waals surface area contributed by atoms with E-state index in [2.05, 4.69) is 10.2 Å². The number of rotatable bonds is 1. The summed E-state index contributed by atoms with van der Waals surface area (Å²) in [5.74, 6) is -1.05. The Labute approximate surface area is 161 Å². The van der Waals surface area contributed by atoms with E-state index in [9.17, 15) is 14.4 Å². The Kier molecular flexibility index (Phi) is 3.73. The average Bonchev–Trinajstić information content (AvgIpc) is 2.73. The van der Waals surface area contributed by atoms with Crippen molar-refractivity contribution < 1.29 is 19.1 Å². The van der Waals surface area contributed by atoms with Gasteiger partial charge < -0.3 is 9.64 Å². The van der Waals surface area contributed by atoms with Crippen LogP contribution in [0.2, 0.25) is 0 Å². The summed E-state index contributed by atoms with van der Waals surface area (Å²) in [5, 5.41) is 2.43. The Hall–Kier alpha value is -3.19. The lowest BCUT2D eigenvalue weighted by Crippen LogP contribution is -2.74. The van der Waals surface area contributed by atoms with E-state index < -0.39 is 29.3 Å². The Morgan fingerprint density at radius 1 is 1.00 bits per heavy atom. The maximum Gasteiger partial charge on any atom is 0.335 e. The van der Waals surface area contributed by atoms with Gasteiger partial charge in [-0.25, -0.2) is 9.69 Å². The summed E-state index contributed by atoms with van der Waals surface area (Å²) in [6, 6.07) is 15.3. The molecule has 0 aromatic heterocycles. The van der Waals surface area contributed by atoms with Crippen LogP contribution in [0, 0.1) is 5.41 Å². The second kappa shape index (κ2) is 6.17. The van der Waals surface area contributed by atoms with Crippen molar-refractivity contribution in [3.63, 3.8) is 0 Å². The molecule has 142 valence electrons. The molecule has 2 atom stereocenters. The second-order valence-corrected chi connectivity index (χ2v) is 7.30. The number of nitrogens with one attached hydrogen (secondary N) is 1. The molecular formula is C21H19N3O4. The highest BCUT2D eigenvalue weighted by Gasteiger charge is 2.62. The van der Waals surface area contributed by atoms with Gasteiger partial charge in [-0.2, -0.15) is 0 Å². The molecule has 1 spiro atoms. The first kappa shape index (κ1) is 16.9. The van der Waals surface area contributed by atoms with Gasteiger partial charge in [0.2, 0.25) is 5.91 Å². The molecule has 1 N–H and O–H groups in total. The fraction of sp³-hybridized carbons (Fsp3) is 0.286. The zero-order valence-electron chi connectivity index (χ0n) is 15.1. The normalized spacial score (nSPS) is 26.7. The highest BCUT2D eigenvalue weighted by molar-refractivity contribution is 6.30. The highest BCUT2D eigenvalue weighted by Crippen LogP contribution is 2.45. The quantitative estimate of drug-likeness (QED) is 0.766. The number of amides is 4. The molecule has 3 aliphatic rings. The summed E-state index contributed by atoms with van der Waals surface area (Å²) >= 11 is 0. The van der Waals surface area contributed by atoms with Crippen LogP contribution in [0.5, 0.6) is 0 Å². The predicted molar refractivity (Wildman–Crippen MR) is 102 cm³/mol. The topological polar surface area (TPSA) is 79.0 Å². The number of ether oxygens (including phenoxy) is 1. The van der Waals surface area contributed by atoms with E-state index in [1.54, 1.807) is 24.3 Å². The van der Waals surface area contributed by atoms with Gasteiger partial charge in [-0.15, -0.1) is 0 Å². The summed E-state index contributed by atoms with van der Waals surface area (Å²) < 4.78 is 5.67. The average molecular weight is 377 g/mol. The first-order chi connectivity index (χ1) is 13.6. The first-order valence-corrected chi connectivity index (χ1v) is 9.30. The molecule has 3 aliphatic heterocycles. The third-order valence-electron chi connectivity index (χ3n) is 5.90. The minimum Gasteiger partial charge on any atom is -0.377 e. The number of nitrogens with zero attached hydrogens (tertiary/aromatic N) is 2. The van der Waals surface area contributed by atoms with Crippen molar-refractivity contribution in [1.29, 1.82) is 0 Å². The van der Waals surface area contributed by atoms with Gasteiger partial charge in [0.05, 0.1) is 24.9 Å². The summed E-state index contributed by atoms with van der Waals surface area (Å²) in [5.41, 5.74) is 0.967. The zero-order chi connectivity index (χ0) is 19.3. The molecule has 0 saturated carbocycles. The number of carbonyl (C=O) groups excluding carboxylic acids is 3. The van der Waals surface area contributed by atoms with E-state index in [0.717, 1.165) is 16.2 Å². The molecule has 7 nitrogen and oxygen atoms in total. The van der Waals surface area contributed by atoms with Gasteiger partial charge in [0.1, 0.15) is 0 Å². The van der Waals surface area contributed by atoms with E-state index in [0.29, 0.717) is 18.8 Å². The van der Waals surface area contributed by atoms with Crippen molar-refractivity contribution in [1.82, 2.24) is 5.32 Å². The van der Waals surface area contributed by atoms with Gasteiger partial charge >= 0.3 is 6.03 Å². The lowest BCUT2D eigenvalue weighted by atomic mass is 9.68. The fourth-order valence-corrected chi connectivity index (χ4v) is 4.57. The van der Waals surface area contributed by atoms with Crippen LogP contribution in [0.4, 0.5) is 16.2 Å². The van der Waals surface area contributed by atoms with Crippen molar-refractivity contribution in [2.75, 3.05) is 29.6 Å². The molecular weight excluding hydrogens is 358 g/mol. The minimum atomic E-state index is -1.42. The standard InChI is InChI=1S/C21H19N3O4/c25-18-21(19(26)24(20(27)22-18)15-7-2-1-3-8-15)12-14-6-4-5-9-16(14)23-10-11-28-13-17(21)23/h1-9,17H,10-13H2,(H,22,25,27)/t17-,21-/m0/s1. The summed E-state index contributed by atoms with van der Waals surface area (Å²) in [6.45, 7) is 1.37. The molecule has 2 aromatic carbocycles. The molecule has 2 aromatic rings. The van der Waals surface area contributed by atoms with Crippen LogP contribution in [0.3, 0.4) is 0 Å². The van der Waals surface area contributed by atoms with Crippen molar-refractivity contribution in [2.45, 2.75) is 12.5 Å². The number of urea groups is 1. The van der Waals surface area contributed by atoms with Crippen LogP contribution in [-0.2, 0) is 20.7 Å². The molecule has 0 bridgehead atoms. The van der Waals surface area contributed by atoms with Crippen LogP contribution < -0.4 is 15.1 Å². The molecule has 0 aliphatic carbocycles. The van der Waals surface area contributed by atoms with E-state index in [1.807, 2.05) is 30.3 Å². The van der Waals surface area contributed by atoms with Crippen LogP contribution in [0.1, 0.15) is 5.56 Å².